The number of unbranched alkanes of at least 4 members (excludes halogenated alkanes) is 7. The van der Waals surface area contributed by atoms with Crippen LogP contribution in [-0.4, -0.2) is 33.6 Å². The van der Waals surface area contributed by atoms with Crippen LogP contribution in [0, 0.1) is 6.92 Å². The molecule has 2 aromatic carbocycles. The van der Waals surface area contributed by atoms with E-state index in [9.17, 15) is 8.42 Å². The zero-order valence-electron chi connectivity index (χ0n) is 19.2. The average molecular weight is 435 g/mol. The summed E-state index contributed by atoms with van der Waals surface area (Å²) in [5.41, 5.74) is 2.38. The lowest BCUT2D eigenvalue weighted by Crippen LogP contribution is -2.41. The van der Waals surface area contributed by atoms with Crippen molar-refractivity contribution < 1.29 is 13.0 Å². The normalized spacial score (nSPS) is 11.6. The summed E-state index contributed by atoms with van der Waals surface area (Å²) in [7, 11) is 0.613. The predicted molar refractivity (Wildman–Crippen MR) is 129 cm³/mol. The lowest BCUT2D eigenvalue weighted by Gasteiger charge is -2.29. The summed E-state index contributed by atoms with van der Waals surface area (Å²) in [4.78, 5) is -0.0666. The summed E-state index contributed by atoms with van der Waals surface area (Å²) in [5, 5.41) is 0. The smallest absolute Gasteiger partial charge is 0.294 e. The Morgan fingerprint density at radius 1 is 0.767 bits per heavy atom. The van der Waals surface area contributed by atoms with E-state index in [0.29, 0.717) is 0 Å². The first kappa shape index (κ1) is 26.3. The molecule has 0 amide bonds. The Hall–Kier alpha value is -1.69. The number of nitrogens with zero attached hydrogens (tertiary/aromatic N) is 1. The fourth-order valence-electron chi connectivity index (χ4n) is 3.31. The third-order valence-corrected chi connectivity index (χ3v) is 6.21. The predicted octanol–water partition coefficient (Wildman–Crippen LogP) is 6.64. The molecular formula is C25H40NO3S+. The highest BCUT2D eigenvalue weighted by molar-refractivity contribution is 7.85. The molecule has 0 aliphatic carbocycles. The summed E-state index contributed by atoms with van der Waals surface area (Å²) >= 11 is 0. The molecule has 0 bridgehead atoms. The van der Waals surface area contributed by atoms with Gasteiger partial charge in [0.25, 0.3) is 10.1 Å². The standard InChI is InChI=1S/C18H32N.C7H8O3S/c1-4-5-6-7-8-9-10-14-17-19(2,3)18-15-12-11-13-16-18;1-6-2-4-7(5-3-6)11(8,9)10/h11-13,15-16H,4-10,14,17H2,1-3H3;2-5H,1H3,(H,8,9,10)/q+1;. The van der Waals surface area contributed by atoms with Crippen molar-refractivity contribution in [3.8, 4) is 0 Å². The molecule has 30 heavy (non-hydrogen) atoms. The maximum absolute atomic E-state index is 10.5. The van der Waals surface area contributed by atoms with E-state index >= 15 is 0 Å². The first-order chi connectivity index (χ1) is 14.2. The minimum absolute atomic E-state index is 0.0666. The summed E-state index contributed by atoms with van der Waals surface area (Å²) in [6.45, 7) is 5.37. The second-order valence-corrected chi connectivity index (χ2v) is 9.93. The Bertz CT molecular complexity index is 800. The second kappa shape index (κ2) is 13.6. The topological polar surface area (TPSA) is 54.4 Å². The van der Waals surface area contributed by atoms with E-state index < -0.39 is 10.1 Å². The van der Waals surface area contributed by atoms with E-state index in [1.807, 2.05) is 6.92 Å². The molecule has 0 saturated heterocycles. The van der Waals surface area contributed by atoms with Gasteiger partial charge in [0.1, 0.15) is 5.69 Å². The van der Waals surface area contributed by atoms with Gasteiger partial charge in [0.2, 0.25) is 0 Å². The second-order valence-electron chi connectivity index (χ2n) is 8.51. The Morgan fingerprint density at radius 2 is 1.27 bits per heavy atom. The summed E-state index contributed by atoms with van der Waals surface area (Å²) in [5.74, 6) is 0. The Balaban J connectivity index is 0.000000346. The van der Waals surface area contributed by atoms with Crippen LogP contribution < -0.4 is 4.48 Å². The van der Waals surface area contributed by atoms with Gasteiger partial charge in [0, 0.05) is 0 Å². The van der Waals surface area contributed by atoms with Gasteiger partial charge in [-0.15, -0.1) is 0 Å². The number of rotatable bonds is 11. The van der Waals surface area contributed by atoms with Crippen molar-refractivity contribution in [2.45, 2.75) is 70.1 Å². The van der Waals surface area contributed by atoms with Crippen LogP contribution in [0.2, 0.25) is 0 Å². The SMILES string of the molecule is CCCCCCCCCC[N+](C)(C)c1ccccc1.Cc1ccc(S(=O)(=O)O)cc1. The van der Waals surface area contributed by atoms with Gasteiger partial charge in [-0.25, -0.2) is 0 Å². The highest BCUT2D eigenvalue weighted by Crippen LogP contribution is 2.19. The minimum Gasteiger partial charge on any atom is -0.296 e. The van der Waals surface area contributed by atoms with Crippen molar-refractivity contribution in [1.82, 2.24) is 4.48 Å². The van der Waals surface area contributed by atoms with Gasteiger partial charge in [0.15, 0.2) is 0 Å². The third kappa shape index (κ3) is 10.9. The molecule has 0 fully saturated rings. The lowest BCUT2D eigenvalue weighted by molar-refractivity contribution is 0.381. The van der Waals surface area contributed by atoms with Crippen molar-refractivity contribution in [3.05, 3.63) is 60.2 Å². The molecule has 2 rings (SSSR count). The van der Waals surface area contributed by atoms with Crippen LogP contribution in [0.1, 0.15) is 63.9 Å². The average Bonchev–Trinajstić information content (AvgIpc) is 2.71. The van der Waals surface area contributed by atoms with Gasteiger partial charge in [-0.2, -0.15) is 8.42 Å². The van der Waals surface area contributed by atoms with E-state index in [2.05, 4.69) is 51.4 Å². The maximum Gasteiger partial charge on any atom is 0.294 e. The lowest BCUT2D eigenvalue weighted by atomic mass is 10.1. The number of hydrogen-bond acceptors (Lipinski definition) is 2. The Morgan fingerprint density at radius 3 is 1.77 bits per heavy atom. The van der Waals surface area contributed by atoms with Crippen LogP contribution in [0.25, 0.3) is 0 Å². The molecule has 168 valence electrons. The van der Waals surface area contributed by atoms with Gasteiger partial charge in [-0.1, -0.05) is 81.3 Å². The molecule has 0 aliphatic heterocycles. The largest absolute Gasteiger partial charge is 0.296 e. The van der Waals surface area contributed by atoms with Crippen LogP contribution in [0.5, 0.6) is 0 Å². The van der Waals surface area contributed by atoms with Gasteiger partial charge in [-0.05, 0) is 44.0 Å². The van der Waals surface area contributed by atoms with Gasteiger partial charge in [0.05, 0.1) is 25.5 Å². The fourth-order valence-corrected chi connectivity index (χ4v) is 3.79. The first-order valence-corrected chi connectivity index (χ1v) is 12.5. The third-order valence-electron chi connectivity index (χ3n) is 5.34. The van der Waals surface area contributed by atoms with Crippen molar-refractivity contribution in [1.29, 1.82) is 0 Å². The molecule has 2 aromatic rings. The van der Waals surface area contributed by atoms with Gasteiger partial charge >= 0.3 is 0 Å². The van der Waals surface area contributed by atoms with E-state index in [0.717, 1.165) is 10.0 Å². The van der Waals surface area contributed by atoms with Crippen LogP contribution in [0.3, 0.4) is 0 Å². The Kier molecular flexibility index (Phi) is 11.9. The van der Waals surface area contributed by atoms with Gasteiger partial charge in [-0.3, -0.25) is 9.04 Å². The summed E-state index contributed by atoms with van der Waals surface area (Å²) < 4.78 is 30.6. The quantitative estimate of drug-likeness (QED) is 0.245. The zero-order valence-corrected chi connectivity index (χ0v) is 20.0. The number of quaternary nitrogens is 1. The summed E-state index contributed by atoms with van der Waals surface area (Å²) in [6.07, 6.45) is 11.2. The minimum atomic E-state index is -4.02. The molecule has 5 heteroatoms. The maximum atomic E-state index is 10.5. The van der Waals surface area contributed by atoms with Crippen molar-refractivity contribution in [3.63, 3.8) is 0 Å². The van der Waals surface area contributed by atoms with Crippen LogP contribution in [0.15, 0.2) is 59.5 Å². The van der Waals surface area contributed by atoms with E-state index in [1.165, 1.54) is 75.7 Å². The molecule has 0 saturated carbocycles. The molecule has 0 radical (unpaired) electrons. The molecule has 0 unspecified atom stereocenters. The van der Waals surface area contributed by atoms with E-state index in [1.54, 1.807) is 12.1 Å². The monoisotopic (exact) mass is 434 g/mol. The molecule has 0 aromatic heterocycles. The molecule has 0 atom stereocenters. The number of benzene rings is 2. The van der Waals surface area contributed by atoms with Crippen molar-refractivity contribution in [2.75, 3.05) is 20.6 Å². The molecule has 0 spiro atoms. The number of para-hydroxylation sites is 1. The van der Waals surface area contributed by atoms with Crippen molar-refractivity contribution >= 4 is 15.8 Å². The highest BCUT2D eigenvalue weighted by atomic mass is 32.2. The molecule has 0 heterocycles. The van der Waals surface area contributed by atoms with Crippen LogP contribution in [0.4, 0.5) is 5.69 Å². The fraction of sp³-hybridized carbons (Fsp3) is 0.520. The zero-order chi connectivity index (χ0) is 22.5. The molecule has 1 N–H and O–H groups in total. The molecule has 0 aliphatic rings. The number of aryl methyl sites for hydroxylation is 1. The Labute approximate surface area is 184 Å². The van der Waals surface area contributed by atoms with Crippen LogP contribution >= 0.6 is 0 Å². The molecule has 4 nitrogen and oxygen atoms in total. The van der Waals surface area contributed by atoms with E-state index in [-0.39, 0.29) is 4.90 Å². The molecular weight excluding hydrogens is 394 g/mol. The highest BCUT2D eigenvalue weighted by Gasteiger charge is 2.17. The van der Waals surface area contributed by atoms with E-state index in [4.69, 9.17) is 4.55 Å². The number of hydrogen-bond donors (Lipinski definition) is 1. The van der Waals surface area contributed by atoms with Crippen molar-refractivity contribution in [2.24, 2.45) is 0 Å². The first-order valence-electron chi connectivity index (χ1n) is 11.1. The summed E-state index contributed by atoms with van der Waals surface area (Å²) in [6, 6.07) is 16.9. The van der Waals surface area contributed by atoms with Crippen LogP contribution in [-0.2, 0) is 10.1 Å². The van der Waals surface area contributed by atoms with Gasteiger partial charge < -0.3 is 0 Å².